The topological polar surface area (TPSA) is 75.6 Å². The van der Waals surface area contributed by atoms with Crippen molar-refractivity contribution in [1.82, 2.24) is 5.32 Å². The summed E-state index contributed by atoms with van der Waals surface area (Å²) in [6.07, 6.45) is 2.16. The van der Waals surface area contributed by atoms with E-state index in [2.05, 4.69) is 17.4 Å². The van der Waals surface area contributed by atoms with Crippen molar-refractivity contribution >= 4 is 18.7 Å². The van der Waals surface area contributed by atoms with Crippen molar-refractivity contribution in [3.8, 4) is 5.75 Å². The van der Waals surface area contributed by atoms with E-state index >= 15 is 0 Å². The van der Waals surface area contributed by atoms with Gasteiger partial charge in [0.05, 0.1) is 5.56 Å². The molecule has 2 N–H and O–H groups in total. The van der Waals surface area contributed by atoms with Gasteiger partial charge in [-0.1, -0.05) is 30.3 Å². The number of hydrogen-bond acceptors (Lipinski definition) is 5. The second kappa shape index (κ2) is 7.90. The van der Waals surface area contributed by atoms with E-state index in [9.17, 15) is 14.6 Å². The van der Waals surface area contributed by atoms with Crippen molar-refractivity contribution in [3.63, 3.8) is 0 Å². The molecular weight excluding hydrogens is 353 g/mol. The minimum atomic E-state index is -1.08. The molecule has 0 aliphatic carbocycles. The lowest BCUT2D eigenvalue weighted by Gasteiger charge is -2.28. The summed E-state index contributed by atoms with van der Waals surface area (Å²) in [5.74, 6) is 0.137. The van der Waals surface area contributed by atoms with E-state index in [4.69, 9.17) is 4.65 Å². The number of rotatable bonds is 5. The average Bonchev–Trinajstić information content (AvgIpc) is 2.68. The second-order valence-corrected chi connectivity index (χ2v) is 7.77. The Morgan fingerprint density at radius 2 is 2.07 bits per heavy atom. The lowest BCUT2D eigenvalue weighted by atomic mass is 9.64. The van der Waals surface area contributed by atoms with Gasteiger partial charge in [-0.2, -0.15) is 0 Å². The largest absolute Gasteiger partial charge is 0.535 e. The molecule has 0 saturated carbocycles. The van der Waals surface area contributed by atoms with Crippen LogP contribution in [0.5, 0.6) is 5.75 Å². The molecule has 2 aliphatic rings. The van der Waals surface area contributed by atoms with Gasteiger partial charge in [-0.05, 0) is 54.6 Å². The monoisotopic (exact) mass is 377 g/mol. The van der Waals surface area contributed by atoms with E-state index in [1.165, 1.54) is 18.1 Å². The van der Waals surface area contributed by atoms with E-state index in [1.54, 1.807) is 6.07 Å². The SMILES string of the molecule is CC(=O)c1cccc2c1OB(O)[C@@H](CC(=O)Cc1ccc3c(c1)CNCC3)C2. The van der Waals surface area contributed by atoms with Gasteiger partial charge >= 0.3 is 7.12 Å². The highest BCUT2D eigenvalue weighted by Gasteiger charge is 2.37. The summed E-state index contributed by atoms with van der Waals surface area (Å²) in [6.45, 7) is 3.33. The van der Waals surface area contributed by atoms with Crippen LogP contribution >= 0.6 is 0 Å². The molecule has 5 nitrogen and oxygen atoms in total. The first kappa shape index (κ1) is 18.9. The van der Waals surface area contributed by atoms with Crippen LogP contribution in [-0.2, 0) is 30.6 Å². The molecule has 2 aromatic rings. The summed E-state index contributed by atoms with van der Waals surface area (Å²) in [5, 5.41) is 13.8. The predicted molar refractivity (Wildman–Crippen MR) is 108 cm³/mol. The molecule has 6 heteroatoms. The van der Waals surface area contributed by atoms with Crippen LogP contribution in [0.1, 0.15) is 46.0 Å². The molecule has 28 heavy (non-hydrogen) atoms. The Bertz CT molecular complexity index is 927. The lowest BCUT2D eigenvalue weighted by molar-refractivity contribution is -0.118. The quantitative estimate of drug-likeness (QED) is 0.619. The molecule has 0 unspecified atom stereocenters. The molecule has 0 spiro atoms. The molecule has 0 saturated heterocycles. The molecule has 0 radical (unpaired) electrons. The van der Waals surface area contributed by atoms with Gasteiger partial charge in [0, 0.05) is 25.2 Å². The van der Waals surface area contributed by atoms with Crippen LogP contribution in [0.15, 0.2) is 36.4 Å². The highest BCUT2D eigenvalue weighted by molar-refractivity contribution is 6.47. The van der Waals surface area contributed by atoms with Gasteiger partial charge in [-0.15, -0.1) is 0 Å². The smallest absolute Gasteiger partial charge is 0.526 e. The van der Waals surface area contributed by atoms with Crippen molar-refractivity contribution < 1.29 is 19.3 Å². The second-order valence-electron chi connectivity index (χ2n) is 7.77. The van der Waals surface area contributed by atoms with Crippen LogP contribution in [0, 0.1) is 0 Å². The zero-order valence-electron chi connectivity index (χ0n) is 16.0. The predicted octanol–water partition coefficient (Wildman–Crippen LogP) is 2.52. The zero-order valence-corrected chi connectivity index (χ0v) is 16.0. The van der Waals surface area contributed by atoms with Crippen molar-refractivity contribution in [2.24, 2.45) is 0 Å². The molecule has 1 atom stereocenters. The molecule has 2 heterocycles. The summed E-state index contributed by atoms with van der Waals surface area (Å²) in [4.78, 5) is 24.4. The van der Waals surface area contributed by atoms with E-state index in [0.717, 1.165) is 30.6 Å². The Hall–Kier alpha value is -2.44. The van der Waals surface area contributed by atoms with Gasteiger partial charge < -0.3 is 15.0 Å². The molecule has 0 aromatic heterocycles. The molecule has 2 aliphatic heterocycles. The normalized spacial score (nSPS) is 18.1. The third-order valence-corrected chi connectivity index (χ3v) is 5.65. The van der Waals surface area contributed by atoms with E-state index in [1.807, 2.05) is 18.2 Å². The third kappa shape index (κ3) is 3.89. The Morgan fingerprint density at radius 3 is 2.89 bits per heavy atom. The Balaban J connectivity index is 1.44. The van der Waals surface area contributed by atoms with Gasteiger partial charge in [0.15, 0.2) is 5.78 Å². The fourth-order valence-electron chi connectivity index (χ4n) is 4.17. The maximum absolute atomic E-state index is 12.6. The fraction of sp³-hybridized carbons (Fsp3) is 0.364. The Labute approximate surface area is 165 Å². The van der Waals surface area contributed by atoms with E-state index < -0.39 is 7.12 Å². The fourth-order valence-corrected chi connectivity index (χ4v) is 4.17. The number of carbonyl (C=O) groups excluding carboxylic acids is 2. The van der Waals surface area contributed by atoms with Crippen LogP contribution in [0.3, 0.4) is 0 Å². The number of hydrogen-bond donors (Lipinski definition) is 2. The molecule has 4 rings (SSSR count). The highest BCUT2D eigenvalue weighted by Crippen LogP contribution is 2.36. The summed E-state index contributed by atoms with van der Waals surface area (Å²) in [5.41, 5.74) is 4.98. The van der Waals surface area contributed by atoms with Gasteiger partial charge in [-0.3, -0.25) is 9.59 Å². The first-order valence-corrected chi connectivity index (χ1v) is 9.82. The Kier molecular flexibility index (Phi) is 5.33. The van der Waals surface area contributed by atoms with Crippen molar-refractivity contribution in [2.75, 3.05) is 6.54 Å². The minimum absolute atomic E-state index is 0.0857. The van der Waals surface area contributed by atoms with Gasteiger partial charge in [0.25, 0.3) is 0 Å². The maximum Gasteiger partial charge on any atom is 0.526 e. The highest BCUT2D eigenvalue weighted by atomic mass is 16.5. The van der Waals surface area contributed by atoms with Crippen LogP contribution in [0.2, 0.25) is 5.82 Å². The van der Waals surface area contributed by atoms with Gasteiger partial charge in [0.1, 0.15) is 11.5 Å². The number of ketones is 2. The first-order valence-electron chi connectivity index (χ1n) is 9.82. The number of nitrogens with one attached hydrogen (secondary N) is 1. The third-order valence-electron chi connectivity index (χ3n) is 5.65. The molecule has 0 bridgehead atoms. The number of carbonyl (C=O) groups is 2. The molecule has 2 aromatic carbocycles. The summed E-state index contributed by atoms with van der Waals surface area (Å²) in [7, 11) is -1.08. The molecular formula is C22H24BNO4. The molecule has 0 amide bonds. The van der Waals surface area contributed by atoms with Gasteiger partial charge in [-0.25, -0.2) is 0 Å². The van der Waals surface area contributed by atoms with Gasteiger partial charge in [0.2, 0.25) is 0 Å². The summed E-state index contributed by atoms with van der Waals surface area (Å²) < 4.78 is 5.64. The first-order chi connectivity index (χ1) is 13.5. The summed E-state index contributed by atoms with van der Waals surface area (Å²) in [6, 6.07) is 11.7. The Morgan fingerprint density at radius 1 is 1.21 bits per heavy atom. The minimum Gasteiger partial charge on any atom is -0.535 e. The van der Waals surface area contributed by atoms with E-state index in [0.29, 0.717) is 24.2 Å². The molecule has 0 fully saturated rings. The van der Waals surface area contributed by atoms with Crippen molar-refractivity contribution in [3.05, 3.63) is 64.2 Å². The summed E-state index contributed by atoms with van der Waals surface area (Å²) >= 11 is 0. The van der Waals surface area contributed by atoms with Crippen molar-refractivity contribution in [2.45, 2.75) is 45.0 Å². The zero-order chi connectivity index (χ0) is 19.7. The molecule has 144 valence electrons. The number of benzene rings is 2. The number of Topliss-reactive ketones (excluding diaryl/α,β-unsaturated/α-hetero) is 2. The lowest BCUT2D eigenvalue weighted by Crippen LogP contribution is -2.36. The van der Waals surface area contributed by atoms with Crippen LogP contribution < -0.4 is 9.97 Å². The van der Waals surface area contributed by atoms with Crippen LogP contribution in [0.25, 0.3) is 0 Å². The number of para-hydroxylation sites is 1. The van der Waals surface area contributed by atoms with Crippen LogP contribution in [-0.4, -0.2) is 30.3 Å². The van der Waals surface area contributed by atoms with Crippen LogP contribution in [0.4, 0.5) is 0 Å². The van der Waals surface area contributed by atoms with E-state index in [-0.39, 0.29) is 23.8 Å². The average molecular weight is 377 g/mol. The van der Waals surface area contributed by atoms with Crippen molar-refractivity contribution in [1.29, 1.82) is 0 Å². The number of fused-ring (bicyclic) bond motifs is 2. The maximum atomic E-state index is 12.6. The standard InChI is InChI=1S/C22H24BNO4/c1-14(25)21-4-2-3-17-11-19(23(27)28-22(17)21)12-20(26)10-15-5-6-16-7-8-24-13-18(16)9-15/h2-6,9,19,24,27H,7-8,10-13H2,1H3/t19-/m1/s1.